The Morgan fingerprint density at radius 1 is 1.50 bits per heavy atom. The molecule has 0 radical (unpaired) electrons. The Morgan fingerprint density at radius 2 is 2.21 bits per heavy atom. The van der Waals surface area contributed by atoms with Gasteiger partial charge >= 0.3 is 0 Å². The lowest BCUT2D eigenvalue weighted by Crippen LogP contribution is -2.10. The summed E-state index contributed by atoms with van der Waals surface area (Å²) in [5.41, 5.74) is 1.47. The predicted molar refractivity (Wildman–Crippen MR) is 55.9 cm³/mol. The molecule has 0 aliphatic rings. The Bertz CT molecular complexity index is 328. The minimum Gasteiger partial charge on any atom is -0.393 e. The third-order valence-corrected chi connectivity index (χ3v) is 1.93. The highest BCUT2D eigenvalue weighted by Crippen LogP contribution is 2.13. The van der Waals surface area contributed by atoms with E-state index in [0.29, 0.717) is 18.5 Å². The number of aliphatic hydroxyl groups excluding tert-OH is 1. The van der Waals surface area contributed by atoms with E-state index < -0.39 is 0 Å². The summed E-state index contributed by atoms with van der Waals surface area (Å²) in [5.74, 6) is 0. The van der Waals surface area contributed by atoms with E-state index >= 15 is 0 Å². The second-order valence-corrected chi connectivity index (χ2v) is 3.22. The fourth-order valence-electron chi connectivity index (χ4n) is 1.15. The van der Waals surface area contributed by atoms with Gasteiger partial charge in [0.1, 0.15) is 6.07 Å². The summed E-state index contributed by atoms with van der Waals surface area (Å²) in [5, 5.41) is 21.0. The van der Waals surface area contributed by atoms with Crippen molar-refractivity contribution in [1.29, 1.82) is 5.26 Å². The maximum atomic E-state index is 9.05. The van der Waals surface area contributed by atoms with Gasteiger partial charge in [-0.05, 0) is 25.5 Å². The van der Waals surface area contributed by atoms with Gasteiger partial charge in [0.25, 0.3) is 0 Å². The number of benzene rings is 1. The number of para-hydroxylation sites is 1. The van der Waals surface area contributed by atoms with E-state index in [1.165, 1.54) is 0 Å². The number of nitrogens with zero attached hydrogens (tertiary/aromatic N) is 1. The summed E-state index contributed by atoms with van der Waals surface area (Å²) >= 11 is 0. The summed E-state index contributed by atoms with van der Waals surface area (Å²) < 4.78 is 0. The molecule has 0 aliphatic carbocycles. The Balaban J connectivity index is 2.54. The van der Waals surface area contributed by atoms with Crippen LogP contribution >= 0.6 is 0 Å². The number of rotatable bonds is 4. The van der Waals surface area contributed by atoms with Gasteiger partial charge < -0.3 is 10.4 Å². The summed E-state index contributed by atoms with van der Waals surface area (Å²) in [7, 11) is 0. The Labute approximate surface area is 84.0 Å². The lowest BCUT2D eigenvalue weighted by Gasteiger charge is -2.08. The van der Waals surface area contributed by atoms with Crippen LogP contribution in [-0.4, -0.2) is 17.8 Å². The first-order valence-electron chi connectivity index (χ1n) is 4.65. The molecule has 1 unspecified atom stereocenters. The number of aliphatic hydroxyl groups is 1. The van der Waals surface area contributed by atoms with Crippen molar-refractivity contribution in [2.45, 2.75) is 19.4 Å². The lowest BCUT2D eigenvalue weighted by molar-refractivity contribution is 0.189. The molecule has 0 aliphatic heterocycles. The van der Waals surface area contributed by atoms with Crippen LogP contribution in [0.2, 0.25) is 0 Å². The first kappa shape index (κ1) is 10.6. The van der Waals surface area contributed by atoms with E-state index in [9.17, 15) is 0 Å². The van der Waals surface area contributed by atoms with Gasteiger partial charge in [-0.25, -0.2) is 0 Å². The van der Waals surface area contributed by atoms with Crippen molar-refractivity contribution in [2.24, 2.45) is 0 Å². The quantitative estimate of drug-likeness (QED) is 0.760. The van der Waals surface area contributed by atoms with E-state index in [-0.39, 0.29) is 6.10 Å². The Hall–Kier alpha value is -1.53. The number of hydrogen-bond donors (Lipinski definition) is 2. The molecule has 1 aromatic carbocycles. The molecule has 0 amide bonds. The van der Waals surface area contributed by atoms with Crippen molar-refractivity contribution < 1.29 is 5.11 Å². The van der Waals surface area contributed by atoms with E-state index in [4.69, 9.17) is 10.4 Å². The fourth-order valence-corrected chi connectivity index (χ4v) is 1.15. The molecule has 0 saturated heterocycles. The molecule has 14 heavy (non-hydrogen) atoms. The zero-order valence-electron chi connectivity index (χ0n) is 8.20. The molecule has 74 valence electrons. The zero-order chi connectivity index (χ0) is 10.4. The van der Waals surface area contributed by atoms with Crippen LogP contribution < -0.4 is 5.32 Å². The molecule has 0 heterocycles. The smallest absolute Gasteiger partial charge is 0.101 e. The van der Waals surface area contributed by atoms with E-state index in [1.54, 1.807) is 13.0 Å². The van der Waals surface area contributed by atoms with Gasteiger partial charge in [0.2, 0.25) is 0 Å². The largest absolute Gasteiger partial charge is 0.393 e. The summed E-state index contributed by atoms with van der Waals surface area (Å²) in [4.78, 5) is 0. The number of hydrogen-bond acceptors (Lipinski definition) is 3. The van der Waals surface area contributed by atoms with Gasteiger partial charge in [-0.1, -0.05) is 12.1 Å². The standard InChI is InChI=1S/C11H14N2O/c1-9(14)6-7-13-11-5-3-2-4-10(11)8-12/h2-5,9,13-14H,6-7H2,1H3. The molecule has 0 spiro atoms. The van der Waals surface area contributed by atoms with Crippen LogP contribution in [0.3, 0.4) is 0 Å². The highest BCUT2D eigenvalue weighted by Gasteiger charge is 2.00. The van der Waals surface area contributed by atoms with E-state index in [1.807, 2.05) is 18.2 Å². The van der Waals surface area contributed by atoms with Gasteiger partial charge in [-0.3, -0.25) is 0 Å². The summed E-state index contributed by atoms with van der Waals surface area (Å²) in [6, 6.07) is 9.45. The molecule has 0 saturated carbocycles. The van der Waals surface area contributed by atoms with Crippen LogP contribution in [0.25, 0.3) is 0 Å². The van der Waals surface area contributed by atoms with Gasteiger partial charge in [-0.2, -0.15) is 5.26 Å². The minimum atomic E-state index is -0.309. The molecule has 0 bridgehead atoms. The molecular weight excluding hydrogens is 176 g/mol. The maximum Gasteiger partial charge on any atom is 0.101 e. The van der Waals surface area contributed by atoms with Crippen LogP contribution in [0.15, 0.2) is 24.3 Å². The number of nitrogens with one attached hydrogen (secondary N) is 1. The minimum absolute atomic E-state index is 0.309. The third kappa shape index (κ3) is 3.08. The Morgan fingerprint density at radius 3 is 2.86 bits per heavy atom. The topological polar surface area (TPSA) is 56.0 Å². The first-order valence-corrected chi connectivity index (χ1v) is 4.65. The van der Waals surface area contributed by atoms with Gasteiger partial charge in [-0.15, -0.1) is 0 Å². The van der Waals surface area contributed by atoms with Crippen molar-refractivity contribution >= 4 is 5.69 Å². The van der Waals surface area contributed by atoms with Crippen molar-refractivity contribution in [2.75, 3.05) is 11.9 Å². The number of anilines is 1. The molecule has 1 rings (SSSR count). The van der Waals surface area contributed by atoms with E-state index in [0.717, 1.165) is 5.69 Å². The average Bonchev–Trinajstić information content (AvgIpc) is 2.18. The van der Waals surface area contributed by atoms with Crippen LogP contribution in [0, 0.1) is 11.3 Å². The van der Waals surface area contributed by atoms with Crippen LogP contribution in [-0.2, 0) is 0 Å². The van der Waals surface area contributed by atoms with Gasteiger partial charge in [0.15, 0.2) is 0 Å². The number of nitriles is 1. The SMILES string of the molecule is CC(O)CCNc1ccccc1C#N. The second-order valence-electron chi connectivity index (χ2n) is 3.22. The fraction of sp³-hybridized carbons (Fsp3) is 0.364. The molecule has 0 fully saturated rings. The van der Waals surface area contributed by atoms with Crippen molar-refractivity contribution in [3.8, 4) is 6.07 Å². The van der Waals surface area contributed by atoms with Crippen molar-refractivity contribution in [1.82, 2.24) is 0 Å². The first-order chi connectivity index (χ1) is 6.74. The normalized spacial score (nSPS) is 11.8. The van der Waals surface area contributed by atoms with Crippen molar-refractivity contribution in [3.05, 3.63) is 29.8 Å². The van der Waals surface area contributed by atoms with Gasteiger partial charge in [0.05, 0.1) is 17.4 Å². The predicted octanol–water partition coefficient (Wildman–Crippen LogP) is 1.74. The monoisotopic (exact) mass is 190 g/mol. The highest BCUT2D eigenvalue weighted by atomic mass is 16.3. The van der Waals surface area contributed by atoms with E-state index in [2.05, 4.69) is 11.4 Å². The molecular formula is C11H14N2O. The molecule has 3 nitrogen and oxygen atoms in total. The third-order valence-electron chi connectivity index (χ3n) is 1.93. The average molecular weight is 190 g/mol. The molecule has 0 aromatic heterocycles. The maximum absolute atomic E-state index is 9.05. The van der Waals surface area contributed by atoms with Gasteiger partial charge in [0, 0.05) is 6.54 Å². The molecule has 1 atom stereocenters. The van der Waals surface area contributed by atoms with Crippen molar-refractivity contribution in [3.63, 3.8) is 0 Å². The van der Waals surface area contributed by atoms with Crippen LogP contribution in [0.5, 0.6) is 0 Å². The summed E-state index contributed by atoms with van der Waals surface area (Å²) in [6.07, 6.45) is 0.372. The molecule has 1 aromatic rings. The second kappa shape index (κ2) is 5.25. The molecule has 3 heteroatoms. The zero-order valence-corrected chi connectivity index (χ0v) is 8.20. The lowest BCUT2D eigenvalue weighted by atomic mass is 10.2. The van der Waals surface area contributed by atoms with Crippen LogP contribution in [0.4, 0.5) is 5.69 Å². The Kier molecular flexibility index (Phi) is 3.96. The molecule has 2 N–H and O–H groups in total. The summed E-state index contributed by atoms with van der Waals surface area (Å²) in [6.45, 7) is 2.42. The van der Waals surface area contributed by atoms with Crippen LogP contribution in [0.1, 0.15) is 18.9 Å². The highest BCUT2D eigenvalue weighted by molar-refractivity contribution is 5.56.